The van der Waals surface area contributed by atoms with Crippen molar-refractivity contribution in [2.24, 2.45) is 0 Å². The Kier molecular flexibility index (Phi) is 8.10. The Bertz CT molecular complexity index is 718. The molecule has 2 aromatic rings. The molecule has 0 radical (unpaired) electrons. The van der Waals surface area contributed by atoms with Crippen LogP contribution in [0.25, 0.3) is 11.1 Å². The van der Waals surface area contributed by atoms with E-state index in [0.29, 0.717) is 26.0 Å². The van der Waals surface area contributed by atoms with Crippen LogP contribution in [0.4, 0.5) is 0 Å². The summed E-state index contributed by atoms with van der Waals surface area (Å²) in [4.78, 5) is 12.5. The van der Waals surface area contributed by atoms with E-state index in [-0.39, 0.29) is 18.3 Å². The Morgan fingerprint density at radius 2 is 1.74 bits per heavy atom. The van der Waals surface area contributed by atoms with Crippen LogP contribution in [0.3, 0.4) is 0 Å². The van der Waals surface area contributed by atoms with Gasteiger partial charge in [-0.25, -0.2) is 0 Å². The van der Waals surface area contributed by atoms with Crippen molar-refractivity contribution >= 4 is 18.3 Å². The Morgan fingerprint density at radius 3 is 2.44 bits per heavy atom. The molecule has 1 aliphatic rings. The number of hydrogen-bond donors (Lipinski definition) is 2. The van der Waals surface area contributed by atoms with Crippen molar-refractivity contribution in [2.75, 3.05) is 33.4 Å². The number of piperidine rings is 1. The number of amides is 1. The van der Waals surface area contributed by atoms with E-state index in [1.165, 1.54) is 0 Å². The predicted molar refractivity (Wildman–Crippen MR) is 109 cm³/mol. The van der Waals surface area contributed by atoms with E-state index in [1.54, 1.807) is 7.11 Å². The summed E-state index contributed by atoms with van der Waals surface area (Å²) in [5, 5.41) is 6.21. The predicted octanol–water partition coefficient (Wildman–Crippen LogP) is 3.04. The summed E-state index contributed by atoms with van der Waals surface area (Å²) in [5.74, 6) is 0.762. The second-order valence-corrected chi connectivity index (χ2v) is 6.41. The van der Waals surface area contributed by atoms with E-state index in [1.807, 2.05) is 42.5 Å². The molecule has 1 amide bonds. The minimum Gasteiger partial charge on any atom is -0.491 e. The van der Waals surface area contributed by atoms with Crippen LogP contribution in [0.15, 0.2) is 54.6 Å². The van der Waals surface area contributed by atoms with E-state index in [9.17, 15) is 4.79 Å². The van der Waals surface area contributed by atoms with Crippen LogP contribution in [0.1, 0.15) is 12.8 Å². The smallest absolute Gasteiger partial charge is 0.252 e. The number of hydrogen-bond acceptors (Lipinski definition) is 4. The van der Waals surface area contributed by atoms with Gasteiger partial charge in [0, 0.05) is 12.7 Å². The number of ether oxygens (including phenoxy) is 2. The summed E-state index contributed by atoms with van der Waals surface area (Å²) >= 11 is 0. The van der Waals surface area contributed by atoms with Gasteiger partial charge in [-0.05, 0) is 37.6 Å². The first-order valence-corrected chi connectivity index (χ1v) is 9.07. The van der Waals surface area contributed by atoms with Gasteiger partial charge >= 0.3 is 0 Å². The molecule has 3 rings (SSSR count). The number of methoxy groups -OCH3 is 1. The highest BCUT2D eigenvalue weighted by atomic mass is 35.5. The third-order valence-electron chi connectivity index (χ3n) is 4.83. The largest absolute Gasteiger partial charge is 0.491 e. The molecule has 6 heteroatoms. The van der Waals surface area contributed by atoms with E-state index >= 15 is 0 Å². The van der Waals surface area contributed by atoms with Crippen LogP contribution in [-0.4, -0.2) is 44.9 Å². The lowest BCUT2D eigenvalue weighted by atomic mass is 9.91. The Balaban J connectivity index is 0.00000261. The quantitative estimate of drug-likeness (QED) is 0.713. The maximum atomic E-state index is 12.5. The van der Waals surface area contributed by atoms with E-state index in [2.05, 4.69) is 22.8 Å². The van der Waals surface area contributed by atoms with Gasteiger partial charge in [0.1, 0.15) is 18.0 Å². The lowest BCUT2D eigenvalue weighted by Crippen LogP contribution is -2.54. The van der Waals surface area contributed by atoms with Crippen molar-refractivity contribution < 1.29 is 14.3 Å². The van der Waals surface area contributed by atoms with E-state index in [4.69, 9.17) is 9.47 Å². The van der Waals surface area contributed by atoms with Crippen molar-refractivity contribution in [1.82, 2.24) is 10.6 Å². The Hall–Kier alpha value is -2.08. The number of nitrogens with one attached hydrogen (secondary N) is 2. The number of carbonyl (C=O) groups excluding carboxylic acids is 1. The second-order valence-electron chi connectivity index (χ2n) is 6.41. The van der Waals surface area contributed by atoms with Crippen LogP contribution in [-0.2, 0) is 9.53 Å². The molecule has 1 heterocycles. The minimum absolute atomic E-state index is 0. The molecule has 1 aliphatic heterocycles. The van der Waals surface area contributed by atoms with Gasteiger partial charge in [-0.1, -0.05) is 48.5 Å². The zero-order valence-corrected chi connectivity index (χ0v) is 16.4. The number of carbonyl (C=O) groups is 1. The fraction of sp³-hybridized carbons (Fsp3) is 0.381. The number of para-hydroxylation sites is 1. The summed E-state index contributed by atoms with van der Waals surface area (Å²) in [7, 11) is 1.61. The normalized spacial score (nSPS) is 15.4. The molecule has 0 bridgehead atoms. The highest BCUT2D eigenvalue weighted by Crippen LogP contribution is 2.29. The molecular formula is C21H27ClN2O3. The average Bonchev–Trinajstić information content (AvgIpc) is 2.72. The average molecular weight is 391 g/mol. The number of halogens is 1. The van der Waals surface area contributed by atoms with Gasteiger partial charge < -0.3 is 20.1 Å². The van der Waals surface area contributed by atoms with Crippen molar-refractivity contribution in [3.8, 4) is 16.9 Å². The first-order valence-electron chi connectivity index (χ1n) is 9.07. The molecule has 0 atom stereocenters. The SMILES string of the molecule is COC1(C(=O)NCCOc2ccccc2-c2ccccc2)CCNCC1.Cl. The van der Waals surface area contributed by atoms with Gasteiger partial charge in [0.2, 0.25) is 0 Å². The molecule has 2 aromatic carbocycles. The highest BCUT2D eigenvalue weighted by Gasteiger charge is 2.39. The molecule has 0 aromatic heterocycles. The minimum atomic E-state index is -0.715. The van der Waals surface area contributed by atoms with Crippen LogP contribution >= 0.6 is 12.4 Å². The molecule has 0 spiro atoms. The summed E-state index contributed by atoms with van der Waals surface area (Å²) < 4.78 is 11.5. The number of benzene rings is 2. The molecular weight excluding hydrogens is 364 g/mol. The van der Waals surface area contributed by atoms with E-state index < -0.39 is 5.60 Å². The topological polar surface area (TPSA) is 59.6 Å². The molecule has 2 N–H and O–H groups in total. The Morgan fingerprint density at radius 1 is 1.07 bits per heavy atom. The summed E-state index contributed by atoms with van der Waals surface area (Å²) in [6.07, 6.45) is 1.38. The monoisotopic (exact) mass is 390 g/mol. The second kappa shape index (κ2) is 10.3. The van der Waals surface area contributed by atoms with Crippen LogP contribution in [0.5, 0.6) is 5.75 Å². The van der Waals surface area contributed by atoms with Gasteiger partial charge in [0.05, 0.1) is 6.54 Å². The molecule has 0 unspecified atom stereocenters. The van der Waals surface area contributed by atoms with E-state index in [0.717, 1.165) is 30.0 Å². The maximum Gasteiger partial charge on any atom is 0.252 e. The van der Waals surface area contributed by atoms with Crippen molar-refractivity contribution in [3.05, 3.63) is 54.6 Å². The zero-order chi connectivity index (χ0) is 18.2. The van der Waals surface area contributed by atoms with Gasteiger partial charge in [-0.3, -0.25) is 4.79 Å². The molecule has 27 heavy (non-hydrogen) atoms. The lowest BCUT2D eigenvalue weighted by molar-refractivity contribution is -0.146. The molecule has 1 fully saturated rings. The first kappa shape index (κ1) is 21.2. The fourth-order valence-electron chi connectivity index (χ4n) is 3.29. The van der Waals surface area contributed by atoms with Crippen molar-refractivity contribution in [1.29, 1.82) is 0 Å². The molecule has 0 saturated carbocycles. The lowest BCUT2D eigenvalue weighted by Gasteiger charge is -2.34. The van der Waals surface area contributed by atoms with Gasteiger partial charge in [0.25, 0.3) is 5.91 Å². The van der Waals surface area contributed by atoms with Crippen molar-refractivity contribution in [3.63, 3.8) is 0 Å². The van der Waals surface area contributed by atoms with Gasteiger partial charge in [-0.2, -0.15) is 0 Å². The van der Waals surface area contributed by atoms with Crippen LogP contribution < -0.4 is 15.4 Å². The van der Waals surface area contributed by atoms with Crippen LogP contribution in [0.2, 0.25) is 0 Å². The third kappa shape index (κ3) is 5.22. The zero-order valence-electron chi connectivity index (χ0n) is 15.6. The summed E-state index contributed by atoms with van der Waals surface area (Å²) in [6, 6.07) is 18.1. The van der Waals surface area contributed by atoms with Gasteiger partial charge in [-0.15, -0.1) is 12.4 Å². The van der Waals surface area contributed by atoms with Gasteiger partial charge in [0.15, 0.2) is 0 Å². The molecule has 146 valence electrons. The molecule has 0 aliphatic carbocycles. The summed E-state index contributed by atoms with van der Waals surface area (Å²) in [6.45, 7) is 2.44. The first-order chi connectivity index (χ1) is 12.7. The molecule has 5 nitrogen and oxygen atoms in total. The maximum absolute atomic E-state index is 12.5. The highest BCUT2D eigenvalue weighted by molar-refractivity contribution is 5.85. The Labute approximate surface area is 166 Å². The number of rotatable bonds is 7. The van der Waals surface area contributed by atoms with Crippen LogP contribution in [0, 0.1) is 0 Å². The summed E-state index contributed by atoms with van der Waals surface area (Å²) in [5.41, 5.74) is 1.44. The fourth-order valence-corrected chi connectivity index (χ4v) is 3.29. The third-order valence-corrected chi connectivity index (χ3v) is 4.83. The van der Waals surface area contributed by atoms with Crippen molar-refractivity contribution in [2.45, 2.75) is 18.4 Å². The molecule has 1 saturated heterocycles. The standard InChI is InChI=1S/C21H26N2O3.ClH/c1-25-21(11-13-22-14-12-21)20(24)23-15-16-26-19-10-6-5-9-18(19)17-7-3-2-4-8-17;/h2-10,22H,11-16H2,1H3,(H,23,24);1H.